The van der Waals surface area contributed by atoms with Crippen LogP contribution in [0.1, 0.15) is 39.7 Å². The molecule has 0 radical (unpaired) electrons. The van der Waals surface area contributed by atoms with Crippen molar-refractivity contribution in [1.82, 2.24) is 0 Å². The van der Waals surface area contributed by atoms with E-state index in [0.29, 0.717) is 0 Å². The molecule has 2 rings (SSSR count). The second-order valence-corrected chi connectivity index (χ2v) is 6.52. The molecule has 92 valence electrons. The highest BCUT2D eigenvalue weighted by atomic mass is 16.3. The molecule has 0 aromatic heterocycles. The predicted octanol–water partition coefficient (Wildman–Crippen LogP) is 3.89. The van der Waals surface area contributed by atoms with Crippen LogP contribution in [-0.4, -0.2) is 11.2 Å². The predicted molar refractivity (Wildman–Crippen MR) is 72.6 cm³/mol. The summed E-state index contributed by atoms with van der Waals surface area (Å²) in [6, 6.07) is 10.2. The highest BCUT2D eigenvalue weighted by Gasteiger charge is 2.40. The van der Waals surface area contributed by atoms with Crippen molar-refractivity contribution >= 4 is 5.57 Å². The van der Waals surface area contributed by atoms with E-state index in [-0.39, 0.29) is 16.9 Å². The summed E-state index contributed by atoms with van der Waals surface area (Å²) in [7, 11) is 0. The van der Waals surface area contributed by atoms with Gasteiger partial charge in [-0.25, -0.2) is 0 Å². The molecule has 0 saturated carbocycles. The third kappa shape index (κ3) is 2.44. The first-order valence-electron chi connectivity index (χ1n) is 6.28. The van der Waals surface area contributed by atoms with E-state index in [2.05, 4.69) is 45.9 Å². The number of rotatable bonds is 1. The van der Waals surface area contributed by atoms with Crippen molar-refractivity contribution in [3.05, 3.63) is 42.0 Å². The van der Waals surface area contributed by atoms with Crippen molar-refractivity contribution in [2.75, 3.05) is 0 Å². The molecule has 0 saturated heterocycles. The monoisotopic (exact) mass is 230 g/mol. The molecule has 1 unspecified atom stereocenters. The van der Waals surface area contributed by atoms with E-state index < -0.39 is 0 Å². The maximum absolute atomic E-state index is 10.5. The van der Waals surface area contributed by atoms with Gasteiger partial charge in [0.15, 0.2) is 0 Å². The average Bonchev–Trinajstić information content (AvgIpc) is 2.23. The van der Waals surface area contributed by atoms with Crippen LogP contribution >= 0.6 is 0 Å². The number of aliphatic hydroxyl groups is 1. The highest BCUT2D eigenvalue weighted by Crippen LogP contribution is 2.47. The van der Waals surface area contributed by atoms with Gasteiger partial charge in [-0.2, -0.15) is 0 Å². The summed E-state index contributed by atoms with van der Waals surface area (Å²) in [5.41, 5.74) is 2.30. The quantitative estimate of drug-likeness (QED) is 0.776. The number of benzene rings is 1. The highest BCUT2D eigenvalue weighted by molar-refractivity contribution is 5.71. The first-order chi connectivity index (χ1) is 7.82. The molecule has 0 amide bonds. The number of allylic oxidation sites excluding steroid dienone is 1. The second-order valence-electron chi connectivity index (χ2n) is 6.52. The minimum Gasteiger partial charge on any atom is -0.388 e. The minimum absolute atomic E-state index is 0.0660. The lowest BCUT2D eigenvalue weighted by molar-refractivity contribution is 0.0572. The van der Waals surface area contributed by atoms with Crippen LogP contribution in [0.15, 0.2) is 36.4 Å². The molecule has 0 spiro atoms. The van der Waals surface area contributed by atoms with Crippen LogP contribution in [0.2, 0.25) is 0 Å². The molecule has 0 fully saturated rings. The van der Waals surface area contributed by atoms with E-state index in [1.807, 2.05) is 18.2 Å². The van der Waals surface area contributed by atoms with Gasteiger partial charge in [-0.05, 0) is 28.4 Å². The Bertz CT molecular complexity index is 426. The van der Waals surface area contributed by atoms with Crippen LogP contribution in [0, 0.1) is 10.8 Å². The van der Waals surface area contributed by atoms with Gasteiger partial charge in [0, 0.05) is 0 Å². The Kier molecular flexibility index (Phi) is 2.90. The van der Waals surface area contributed by atoms with Crippen molar-refractivity contribution in [1.29, 1.82) is 0 Å². The van der Waals surface area contributed by atoms with Crippen LogP contribution in [0.25, 0.3) is 5.57 Å². The lowest BCUT2D eigenvalue weighted by atomic mass is 9.64. The summed E-state index contributed by atoms with van der Waals surface area (Å²) in [5, 5.41) is 10.5. The van der Waals surface area contributed by atoms with Crippen molar-refractivity contribution in [3.8, 4) is 0 Å². The van der Waals surface area contributed by atoms with Crippen molar-refractivity contribution in [2.24, 2.45) is 10.8 Å². The molecule has 17 heavy (non-hydrogen) atoms. The summed E-state index contributed by atoms with van der Waals surface area (Å²) in [6.07, 6.45) is 2.87. The Morgan fingerprint density at radius 2 is 1.65 bits per heavy atom. The van der Waals surface area contributed by atoms with E-state index in [1.54, 1.807) is 0 Å². The fourth-order valence-electron chi connectivity index (χ4n) is 3.11. The number of hydrogen-bond donors (Lipinski definition) is 1. The van der Waals surface area contributed by atoms with Gasteiger partial charge >= 0.3 is 0 Å². The Balaban J connectivity index is 2.48. The van der Waals surface area contributed by atoms with Gasteiger partial charge in [-0.15, -0.1) is 0 Å². The summed E-state index contributed by atoms with van der Waals surface area (Å²) in [4.78, 5) is 0. The van der Waals surface area contributed by atoms with Gasteiger partial charge in [0.05, 0.1) is 6.10 Å². The molecule has 1 N–H and O–H groups in total. The Hall–Kier alpha value is -1.08. The van der Waals surface area contributed by atoms with Crippen LogP contribution in [0.3, 0.4) is 0 Å². The first kappa shape index (κ1) is 12.4. The molecule has 0 heterocycles. The summed E-state index contributed by atoms with van der Waals surface area (Å²) in [5.74, 6) is 0. The lowest BCUT2D eigenvalue weighted by Gasteiger charge is -2.43. The molecule has 0 bridgehead atoms. The fraction of sp³-hybridized carbons (Fsp3) is 0.500. The molecule has 1 aromatic carbocycles. The summed E-state index contributed by atoms with van der Waals surface area (Å²) in [6.45, 7) is 8.78. The topological polar surface area (TPSA) is 20.2 Å². The molecular weight excluding hydrogens is 208 g/mol. The third-order valence-electron chi connectivity index (χ3n) is 3.60. The largest absolute Gasteiger partial charge is 0.388 e. The third-order valence-corrected chi connectivity index (χ3v) is 3.60. The van der Waals surface area contributed by atoms with Gasteiger partial charge in [-0.3, -0.25) is 0 Å². The summed E-state index contributed by atoms with van der Waals surface area (Å²) >= 11 is 0. The van der Waals surface area contributed by atoms with E-state index in [1.165, 1.54) is 0 Å². The molecule has 1 aromatic rings. The SMILES string of the molecule is CC1(C)C=C(c2ccccc2)C(O)C(C)(C)C1. The molecule has 1 heteroatoms. The standard InChI is InChI=1S/C16H22O/c1-15(2)10-13(12-8-6-5-7-9-12)14(17)16(3,4)11-15/h5-10,14,17H,11H2,1-4H3. The molecule has 1 aliphatic carbocycles. The second kappa shape index (κ2) is 3.99. The van der Waals surface area contributed by atoms with Gasteiger partial charge in [0.2, 0.25) is 0 Å². The van der Waals surface area contributed by atoms with E-state index in [4.69, 9.17) is 0 Å². The Morgan fingerprint density at radius 3 is 2.24 bits per heavy atom. The van der Waals surface area contributed by atoms with Crippen LogP contribution < -0.4 is 0 Å². The smallest absolute Gasteiger partial charge is 0.0844 e. The number of aliphatic hydroxyl groups excluding tert-OH is 1. The average molecular weight is 230 g/mol. The van der Waals surface area contributed by atoms with Crippen LogP contribution in [-0.2, 0) is 0 Å². The fourth-order valence-corrected chi connectivity index (χ4v) is 3.11. The summed E-state index contributed by atoms with van der Waals surface area (Å²) < 4.78 is 0. The van der Waals surface area contributed by atoms with E-state index in [0.717, 1.165) is 17.6 Å². The Morgan fingerprint density at radius 1 is 1.06 bits per heavy atom. The van der Waals surface area contributed by atoms with Gasteiger partial charge in [-0.1, -0.05) is 64.1 Å². The zero-order chi connectivity index (χ0) is 12.7. The van der Waals surface area contributed by atoms with Crippen molar-refractivity contribution < 1.29 is 5.11 Å². The van der Waals surface area contributed by atoms with Gasteiger partial charge in [0.1, 0.15) is 0 Å². The first-order valence-corrected chi connectivity index (χ1v) is 6.28. The molecular formula is C16H22O. The molecule has 0 aliphatic heterocycles. The van der Waals surface area contributed by atoms with Crippen LogP contribution in [0.5, 0.6) is 0 Å². The van der Waals surface area contributed by atoms with E-state index >= 15 is 0 Å². The van der Waals surface area contributed by atoms with Crippen LogP contribution in [0.4, 0.5) is 0 Å². The van der Waals surface area contributed by atoms with Gasteiger partial charge in [0.25, 0.3) is 0 Å². The minimum atomic E-state index is -0.377. The molecule has 1 atom stereocenters. The van der Waals surface area contributed by atoms with Crippen molar-refractivity contribution in [2.45, 2.75) is 40.2 Å². The maximum atomic E-state index is 10.5. The molecule has 1 nitrogen and oxygen atoms in total. The maximum Gasteiger partial charge on any atom is 0.0844 e. The zero-order valence-electron chi connectivity index (χ0n) is 11.2. The normalized spacial score (nSPS) is 26.4. The van der Waals surface area contributed by atoms with E-state index in [9.17, 15) is 5.11 Å². The molecule has 1 aliphatic rings. The lowest BCUT2D eigenvalue weighted by Crippen LogP contribution is -2.38. The number of hydrogen-bond acceptors (Lipinski definition) is 1. The zero-order valence-corrected chi connectivity index (χ0v) is 11.2. The Labute approximate surface area is 104 Å². The van der Waals surface area contributed by atoms with Gasteiger partial charge < -0.3 is 5.11 Å². The van der Waals surface area contributed by atoms with Crippen molar-refractivity contribution in [3.63, 3.8) is 0 Å².